The molecule has 2 aliphatic heterocycles. The summed E-state index contributed by atoms with van der Waals surface area (Å²) < 4.78 is 10.6. The normalized spacial score (nSPS) is 17.6. The lowest BCUT2D eigenvalue weighted by Gasteiger charge is -2.12. The first-order valence-corrected chi connectivity index (χ1v) is 7.74. The lowest BCUT2D eigenvalue weighted by atomic mass is 10.1. The summed E-state index contributed by atoms with van der Waals surface area (Å²) >= 11 is 6.22. The molecule has 2 heterocycles. The zero-order valence-electron chi connectivity index (χ0n) is 12.8. The highest BCUT2D eigenvalue weighted by Crippen LogP contribution is 2.33. The highest BCUT2D eigenvalue weighted by atomic mass is 35.5. The van der Waals surface area contributed by atoms with Crippen molar-refractivity contribution >= 4 is 29.4 Å². The van der Waals surface area contributed by atoms with Crippen LogP contribution in [-0.4, -0.2) is 30.5 Å². The van der Waals surface area contributed by atoms with Gasteiger partial charge in [0.1, 0.15) is 11.5 Å². The summed E-state index contributed by atoms with van der Waals surface area (Å²) in [4.78, 5) is 18.5. The molecule has 0 aromatic heterocycles. The number of benzene rings is 2. The van der Waals surface area contributed by atoms with Crippen LogP contribution in [0.3, 0.4) is 0 Å². The number of halogens is 1. The fourth-order valence-electron chi connectivity index (χ4n) is 2.64. The Morgan fingerprint density at radius 3 is 2.79 bits per heavy atom. The van der Waals surface area contributed by atoms with Crippen molar-refractivity contribution in [2.24, 2.45) is 4.99 Å². The maximum Gasteiger partial charge on any atom is 0.277 e. The van der Waals surface area contributed by atoms with Crippen molar-refractivity contribution in [2.45, 2.75) is 0 Å². The van der Waals surface area contributed by atoms with E-state index in [9.17, 15) is 4.79 Å². The summed E-state index contributed by atoms with van der Waals surface area (Å²) in [5.41, 5.74) is 1.90. The Balaban J connectivity index is 1.73. The number of ether oxygens (including phenoxy) is 2. The van der Waals surface area contributed by atoms with Gasteiger partial charge in [0.2, 0.25) is 6.79 Å². The molecule has 2 aromatic rings. The predicted octanol–water partition coefficient (Wildman–Crippen LogP) is 3.33. The molecule has 2 aliphatic rings. The number of rotatable bonds is 2. The number of fused-ring (bicyclic) bond motifs is 1. The van der Waals surface area contributed by atoms with Gasteiger partial charge in [-0.25, -0.2) is 4.99 Å². The number of hydrogen-bond acceptors (Lipinski definition) is 4. The van der Waals surface area contributed by atoms with E-state index in [0.29, 0.717) is 28.1 Å². The molecular weight excluding hydrogens is 328 g/mol. The minimum absolute atomic E-state index is 0.178. The van der Waals surface area contributed by atoms with Gasteiger partial charge < -0.3 is 9.47 Å². The van der Waals surface area contributed by atoms with Gasteiger partial charge in [0.15, 0.2) is 11.5 Å². The zero-order chi connectivity index (χ0) is 16.7. The van der Waals surface area contributed by atoms with Crippen molar-refractivity contribution < 1.29 is 14.3 Å². The fraction of sp³-hybridized carbons (Fsp3) is 0.111. The minimum Gasteiger partial charge on any atom is -0.454 e. The standard InChI is InChI=1S/C18H13ClN2O3/c1-21-17(12-4-2-3-5-13(12)19)20-14(18(21)22)8-11-6-7-15-16(9-11)24-10-23-15/h2-9H,10H2,1H3. The van der Waals surface area contributed by atoms with Gasteiger partial charge in [0, 0.05) is 12.6 Å². The lowest BCUT2D eigenvalue weighted by molar-refractivity contribution is -0.121. The number of nitrogens with zero attached hydrogens (tertiary/aromatic N) is 2. The van der Waals surface area contributed by atoms with Gasteiger partial charge in [-0.05, 0) is 35.9 Å². The van der Waals surface area contributed by atoms with Gasteiger partial charge in [-0.3, -0.25) is 9.69 Å². The van der Waals surface area contributed by atoms with Crippen LogP contribution in [0.25, 0.3) is 6.08 Å². The van der Waals surface area contributed by atoms with E-state index in [-0.39, 0.29) is 12.7 Å². The highest BCUT2D eigenvalue weighted by Gasteiger charge is 2.29. The van der Waals surface area contributed by atoms with Crippen molar-refractivity contribution in [2.75, 3.05) is 13.8 Å². The number of aliphatic imine (C=N–C) groups is 1. The van der Waals surface area contributed by atoms with Crippen molar-refractivity contribution in [1.82, 2.24) is 4.90 Å². The number of amidine groups is 1. The molecule has 0 atom stereocenters. The number of hydrogen-bond donors (Lipinski definition) is 0. The molecule has 0 bridgehead atoms. The first kappa shape index (κ1) is 14.8. The average molecular weight is 341 g/mol. The van der Waals surface area contributed by atoms with E-state index in [1.807, 2.05) is 36.4 Å². The van der Waals surface area contributed by atoms with Gasteiger partial charge in [-0.2, -0.15) is 0 Å². The Bertz CT molecular complexity index is 905. The Morgan fingerprint density at radius 2 is 1.96 bits per heavy atom. The van der Waals surface area contributed by atoms with Crippen LogP contribution >= 0.6 is 11.6 Å². The summed E-state index contributed by atoms with van der Waals surface area (Å²) in [7, 11) is 1.69. The van der Waals surface area contributed by atoms with Crippen molar-refractivity contribution in [3.8, 4) is 11.5 Å². The molecule has 0 unspecified atom stereocenters. The Morgan fingerprint density at radius 1 is 1.17 bits per heavy atom. The minimum atomic E-state index is -0.178. The first-order chi connectivity index (χ1) is 11.6. The van der Waals surface area contributed by atoms with E-state index in [4.69, 9.17) is 21.1 Å². The molecule has 5 nitrogen and oxygen atoms in total. The van der Waals surface area contributed by atoms with Gasteiger partial charge in [-0.1, -0.05) is 29.8 Å². The summed E-state index contributed by atoms with van der Waals surface area (Å²) in [6, 6.07) is 12.8. The molecule has 6 heteroatoms. The Hall–Kier alpha value is -2.79. The Kier molecular flexibility index (Phi) is 3.50. The van der Waals surface area contributed by atoms with E-state index in [2.05, 4.69) is 4.99 Å². The molecule has 0 fully saturated rings. The smallest absolute Gasteiger partial charge is 0.277 e. The molecule has 4 rings (SSSR count). The van der Waals surface area contributed by atoms with Gasteiger partial charge in [0.25, 0.3) is 5.91 Å². The van der Waals surface area contributed by atoms with E-state index in [1.54, 1.807) is 19.2 Å². The molecular formula is C18H13ClN2O3. The monoisotopic (exact) mass is 340 g/mol. The summed E-state index contributed by atoms with van der Waals surface area (Å²) in [6.45, 7) is 0.214. The van der Waals surface area contributed by atoms with E-state index < -0.39 is 0 Å². The zero-order valence-corrected chi connectivity index (χ0v) is 13.6. The lowest BCUT2D eigenvalue weighted by Crippen LogP contribution is -2.28. The summed E-state index contributed by atoms with van der Waals surface area (Å²) in [5, 5.41) is 0.556. The second kappa shape index (κ2) is 5.69. The first-order valence-electron chi connectivity index (χ1n) is 7.36. The van der Waals surface area contributed by atoms with Crippen LogP contribution in [0.15, 0.2) is 53.2 Å². The van der Waals surface area contributed by atoms with Crippen molar-refractivity contribution in [1.29, 1.82) is 0 Å². The van der Waals surface area contributed by atoms with Crippen LogP contribution in [-0.2, 0) is 4.79 Å². The molecule has 0 aliphatic carbocycles. The second-order valence-electron chi connectivity index (χ2n) is 5.42. The summed E-state index contributed by atoms with van der Waals surface area (Å²) in [6.07, 6.45) is 1.73. The Labute approximate surface area is 143 Å². The number of likely N-dealkylation sites (N-methyl/N-ethyl adjacent to an activating group) is 1. The van der Waals surface area contributed by atoms with Crippen LogP contribution in [0.2, 0.25) is 5.02 Å². The maximum absolute atomic E-state index is 12.5. The van der Waals surface area contributed by atoms with E-state index in [1.165, 1.54) is 4.90 Å². The van der Waals surface area contributed by atoms with Gasteiger partial charge in [0.05, 0.1) is 5.02 Å². The van der Waals surface area contributed by atoms with Crippen molar-refractivity contribution in [3.63, 3.8) is 0 Å². The van der Waals surface area contributed by atoms with Crippen molar-refractivity contribution in [3.05, 3.63) is 64.3 Å². The van der Waals surface area contributed by atoms with Crippen LogP contribution in [0.5, 0.6) is 11.5 Å². The van der Waals surface area contributed by atoms with E-state index >= 15 is 0 Å². The number of carbonyl (C=O) groups excluding carboxylic acids is 1. The number of carbonyl (C=O) groups is 1. The molecule has 120 valence electrons. The maximum atomic E-state index is 12.5. The average Bonchev–Trinajstić information content (AvgIpc) is 3.15. The third-order valence-corrected chi connectivity index (χ3v) is 4.21. The number of amides is 1. The fourth-order valence-corrected chi connectivity index (χ4v) is 2.86. The topological polar surface area (TPSA) is 51.1 Å². The molecule has 0 saturated heterocycles. The second-order valence-corrected chi connectivity index (χ2v) is 5.83. The van der Waals surface area contributed by atoms with Crippen LogP contribution < -0.4 is 9.47 Å². The van der Waals surface area contributed by atoms with E-state index in [0.717, 1.165) is 11.1 Å². The quantitative estimate of drug-likeness (QED) is 0.788. The SMILES string of the molecule is CN1C(=O)C(=Cc2ccc3c(c2)OCO3)N=C1c1ccccc1Cl. The third kappa shape index (κ3) is 2.43. The predicted molar refractivity (Wildman–Crippen MR) is 91.3 cm³/mol. The molecule has 1 amide bonds. The molecule has 0 saturated carbocycles. The molecule has 0 spiro atoms. The van der Waals surface area contributed by atoms with Gasteiger partial charge in [-0.15, -0.1) is 0 Å². The third-order valence-electron chi connectivity index (χ3n) is 3.88. The van der Waals surface area contributed by atoms with Crippen LogP contribution in [0.4, 0.5) is 0 Å². The highest BCUT2D eigenvalue weighted by molar-refractivity contribution is 6.35. The molecule has 2 aromatic carbocycles. The largest absolute Gasteiger partial charge is 0.454 e. The molecule has 24 heavy (non-hydrogen) atoms. The summed E-state index contributed by atoms with van der Waals surface area (Å²) in [5.74, 6) is 1.73. The van der Waals surface area contributed by atoms with Crippen LogP contribution in [0.1, 0.15) is 11.1 Å². The molecule has 0 radical (unpaired) electrons. The van der Waals surface area contributed by atoms with Crippen LogP contribution in [0, 0.1) is 0 Å². The van der Waals surface area contributed by atoms with Gasteiger partial charge >= 0.3 is 0 Å². The molecule has 0 N–H and O–H groups in total.